The van der Waals surface area contributed by atoms with E-state index in [4.69, 9.17) is 4.74 Å². The second kappa shape index (κ2) is 10.0. The summed E-state index contributed by atoms with van der Waals surface area (Å²) >= 11 is 3.32. The van der Waals surface area contributed by atoms with E-state index < -0.39 is 27.8 Å². The molecule has 6 nitrogen and oxygen atoms in total. The van der Waals surface area contributed by atoms with Gasteiger partial charge in [-0.3, -0.25) is 4.79 Å². The summed E-state index contributed by atoms with van der Waals surface area (Å²) in [6.07, 6.45) is 0.0973. The van der Waals surface area contributed by atoms with Crippen molar-refractivity contribution in [2.24, 2.45) is 0 Å². The molecule has 2 N–H and O–H groups in total. The summed E-state index contributed by atoms with van der Waals surface area (Å²) in [4.78, 5) is 12.6. The molecule has 1 unspecified atom stereocenters. The Morgan fingerprint density at radius 3 is 2.39 bits per heavy atom. The quantitative estimate of drug-likeness (QED) is 0.481. The minimum Gasteiger partial charge on any atom is -0.495 e. The highest BCUT2D eigenvalue weighted by molar-refractivity contribution is 9.10. The van der Waals surface area contributed by atoms with E-state index in [1.54, 1.807) is 48.5 Å². The lowest BCUT2D eigenvalue weighted by Gasteiger charge is -2.20. The van der Waals surface area contributed by atoms with Crippen molar-refractivity contribution in [2.75, 3.05) is 12.4 Å². The topological polar surface area (TPSA) is 84.5 Å². The van der Waals surface area contributed by atoms with Gasteiger partial charge in [-0.05, 0) is 54.4 Å². The zero-order valence-corrected chi connectivity index (χ0v) is 18.9. The molecule has 0 radical (unpaired) electrons. The normalized spacial score (nSPS) is 12.2. The van der Waals surface area contributed by atoms with Crippen LogP contribution in [-0.2, 0) is 21.2 Å². The Kier molecular flexibility index (Phi) is 7.42. The molecule has 3 aromatic carbocycles. The Balaban J connectivity index is 1.91. The summed E-state index contributed by atoms with van der Waals surface area (Å²) in [5.41, 5.74) is 1.26. The maximum Gasteiger partial charge on any atom is 0.245 e. The third-order valence-corrected chi connectivity index (χ3v) is 6.45. The molecular weight excluding hydrogens is 487 g/mol. The van der Waals surface area contributed by atoms with E-state index in [9.17, 15) is 17.6 Å². The van der Waals surface area contributed by atoms with Crippen LogP contribution < -0.4 is 14.8 Å². The molecule has 0 bridgehead atoms. The first-order chi connectivity index (χ1) is 14.8. The van der Waals surface area contributed by atoms with Gasteiger partial charge in [0.15, 0.2) is 0 Å². The molecule has 0 heterocycles. The Morgan fingerprint density at radius 2 is 1.74 bits per heavy atom. The van der Waals surface area contributed by atoms with E-state index in [-0.39, 0.29) is 17.1 Å². The summed E-state index contributed by atoms with van der Waals surface area (Å²) < 4.78 is 48.1. The molecule has 3 rings (SSSR count). The fraction of sp³-hybridized carbons (Fsp3) is 0.136. The van der Waals surface area contributed by atoms with E-state index >= 15 is 0 Å². The third-order valence-electron chi connectivity index (χ3n) is 4.42. The van der Waals surface area contributed by atoms with Gasteiger partial charge < -0.3 is 10.1 Å². The predicted molar refractivity (Wildman–Crippen MR) is 120 cm³/mol. The van der Waals surface area contributed by atoms with Crippen molar-refractivity contribution in [3.63, 3.8) is 0 Å². The molecular formula is C22H20BrFN2O4S. The summed E-state index contributed by atoms with van der Waals surface area (Å²) in [5, 5.41) is 2.71. The number of hydrogen-bond donors (Lipinski definition) is 2. The van der Waals surface area contributed by atoms with Gasteiger partial charge in [0.05, 0.1) is 7.11 Å². The van der Waals surface area contributed by atoms with Crippen LogP contribution >= 0.6 is 15.9 Å². The largest absolute Gasteiger partial charge is 0.495 e. The van der Waals surface area contributed by atoms with Crippen LogP contribution in [0.5, 0.6) is 5.75 Å². The van der Waals surface area contributed by atoms with Crippen molar-refractivity contribution in [3.05, 3.63) is 88.6 Å². The van der Waals surface area contributed by atoms with Gasteiger partial charge >= 0.3 is 0 Å². The molecule has 0 aromatic heterocycles. The van der Waals surface area contributed by atoms with Gasteiger partial charge in [0.1, 0.15) is 22.5 Å². The Hall–Kier alpha value is -2.75. The lowest BCUT2D eigenvalue weighted by molar-refractivity contribution is -0.117. The van der Waals surface area contributed by atoms with Crippen molar-refractivity contribution in [3.8, 4) is 5.75 Å². The molecule has 1 atom stereocenters. The number of hydrogen-bond acceptors (Lipinski definition) is 4. The van der Waals surface area contributed by atoms with Gasteiger partial charge in [0.25, 0.3) is 0 Å². The SMILES string of the molecule is COc1ccc(F)cc1S(=O)(=O)NC(Cc1ccccc1)C(=O)Nc1ccc(Br)cc1. The number of methoxy groups -OCH3 is 1. The maximum absolute atomic E-state index is 13.7. The average molecular weight is 507 g/mol. The second-order valence-corrected chi connectivity index (χ2v) is 9.25. The molecule has 0 aliphatic rings. The zero-order valence-electron chi connectivity index (χ0n) is 16.5. The van der Waals surface area contributed by atoms with Gasteiger partial charge in [0.2, 0.25) is 15.9 Å². The smallest absolute Gasteiger partial charge is 0.245 e. The van der Waals surface area contributed by atoms with Crippen molar-refractivity contribution in [1.82, 2.24) is 4.72 Å². The second-order valence-electron chi connectivity index (χ2n) is 6.65. The lowest BCUT2D eigenvalue weighted by atomic mass is 10.1. The van der Waals surface area contributed by atoms with Gasteiger partial charge in [0, 0.05) is 10.2 Å². The van der Waals surface area contributed by atoms with Crippen LogP contribution in [0.15, 0.2) is 82.2 Å². The summed E-state index contributed by atoms with van der Waals surface area (Å²) in [5.74, 6) is -1.31. The van der Waals surface area contributed by atoms with Crippen LogP contribution in [0.4, 0.5) is 10.1 Å². The monoisotopic (exact) mass is 506 g/mol. The van der Waals surface area contributed by atoms with Crippen LogP contribution in [-0.4, -0.2) is 27.5 Å². The molecule has 0 saturated heterocycles. The van der Waals surface area contributed by atoms with E-state index in [0.717, 1.165) is 22.2 Å². The molecule has 0 fully saturated rings. The number of anilines is 1. The Morgan fingerprint density at radius 1 is 1.06 bits per heavy atom. The zero-order chi connectivity index (χ0) is 22.4. The number of carbonyl (C=O) groups is 1. The highest BCUT2D eigenvalue weighted by Gasteiger charge is 2.28. The number of benzene rings is 3. The summed E-state index contributed by atoms with van der Waals surface area (Å²) in [6.45, 7) is 0. The van der Waals surface area contributed by atoms with Gasteiger partial charge in [-0.25, -0.2) is 12.8 Å². The first kappa shape index (κ1) is 22.9. The summed E-state index contributed by atoms with van der Waals surface area (Å²) in [6, 6.07) is 17.9. The fourth-order valence-corrected chi connectivity index (χ4v) is 4.55. The predicted octanol–water partition coefficient (Wildman–Crippen LogP) is 4.13. The number of ether oxygens (including phenoxy) is 1. The first-order valence-electron chi connectivity index (χ1n) is 9.25. The van der Waals surface area contributed by atoms with Gasteiger partial charge in [-0.15, -0.1) is 0 Å². The lowest BCUT2D eigenvalue weighted by Crippen LogP contribution is -2.45. The molecule has 0 spiro atoms. The average Bonchev–Trinajstić information content (AvgIpc) is 2.75. The maximum atomic E-state index is 13.7. The highest BCUT2D eigenvalue weighted by Crippen LogP contribution is 2.25. The van der Waals surface area contributed by atoms with E-state index in [1.807, 2.05) is 6.07 Å². The van der Waals surface area contributed by atoms with Crippen molar-refractivity contribution in [2.45, 2.75) is 17.4 Å². The number of halogens is 2. The number of sulfonamides is 1. The van der Waals surface area contributed by atoms with Crippen LogP contribution in [0.3, 0.4) is 0 Å². The van der Waals surface area contributed by atoms with Crippen molar-refractivity contribution in [1.29, 1.82) is 0 Å². The molecule has 0 aliphatic carbocycles. The van der Waals surface area contributed by atoms with Crippen LogP contribution in [0.1, 0.15) is 5.56 Å². The highest BCUT2D eigenvalue weighted by atomic mass is 79.9. The minimum absolute atomic E-state index is 0.0271. The van der Waals surface area contributed by atoms with E-state index in [0.29, 0.717) is 5.69 Å². The fourth-order valence-electron chi connectivity index (χ4n) is 2.91. The molecule has 9 heteroatoms. The number of nitrogens with one attached hydrogen (secondary N) is 2. The minimum atomic E-state index is -4.27. The first-order valence-corrected chi connectivity index (χ1v) is 11.5. The molecule has 0 aliphatic heterocycles. The number of amides is 1. The summed E-state index contributed by atoms with van der Waals surface area (Å²) in [7, 11) is -2.99. The Labute approximate surface area is 188 Å². The molecule has 3 aromatic rings. The number of carbonyl (C=O) groups excluding carboxylic acids is 1. The van der Waals surface area contributed by atoms with Crippen molar-refractivity contribution >= 4 is 37.5 Å². The van der Waals surface area contributed by atoms with Crippen molar-refractivity contribution < 1.29 is 22.3 Å². The molecule has 0 saturated carbocycles. The van der Waals surface area contributed by atoms with Gasteiger partial charge in [-0.1, -0.05) is 46.3 Å². The standard InChI is InChI=1S/C22H20BrFN2O4S/c1-30-20-12-9-17(24)14-21(20)31(28,29)26-19(13-15-5-3-2-4-6-15)22(27)25-18-10-7-16(23)8-11-18/h2-12,14,19,26H,13H2,1H3,(H,25,27). The third kappa shape index (κ3) is 6.13. The van der Waals surface area contributed by atoms with Gasteiger partial charge in [-0.2, -0.15) is 4.72 Å². The van der Waals surface area contributed by atoms with E-state index in [2.05, 4.69) is 26.0 Å². The number of rotatable bonds is 8. The van der Waals surface area contributed by atoms with Crippen LogP contribution in [0.25, 0.3) is 0 Å². The Bertz CT molecular complexity index is 1160. The molecule has 31 heavy (non-hydrogen) atoms. The van der Waals surface area contributed by atoms with E-state index in [1.165, 1.54) is 13.2 Å². The van der Waals surface area contributed by atoms with Crippen LogP contribution in [0, 0.1) is 5.82 Å². The molecule has 1 amide bonds. The molecule has 162 valence electrons. The van der Waals surface area contributed by atoms with Crippen LogP contribution in [0.2, 0.25) is 0 Å².